The van der Waals surface area contributed by atoms with Crippen LogP contribution in [0.1, 0.15) is 32.1 Å². The van der Waals surface area contributed by atoms with Gasteiger partial charge in [-0.05, 0) is 37.8 Å². The molecule has 0 unspecified atom stereocenters. The number of nitrogens with one attached hydrogen (secondary N) is 2. The Bertz CT molecular complexity index is 655. The lowest BCUT2D eigenvalue weighted by atomic mass is 9.88. The molecule has 1 spiro atoms. The summed E-state index contributed by atoms with van der Waals surface area (Å²) in [7, 11) is 0. The van der Waals surface area contributed by atoms with E-state index >= 15 is 0 Å². The molecule has 5 nitrogen and oxygen atoms in total. The molecule has 2 heterocycles. The van der Waals surface area contributed by atoms with E-state index in [4.69, 9.17) is 0 Å². The number of fused-ring (bicyclic) bond motifs is 3. The summed E-state index contributed by atoms with van der Waals surface area (Å²) in [6.45, 7) is 0. The van der Waals surface area contributed by atoms with Crippen molar-refractivity contribution in [2.24, 2.45) is 0 Å². The number of amides is 1. The second-order valence-electron chi connectivity index (χ2n) is 5.46. The van der Waals surface area contributed by atoms with Gasteiger partial charge >= 0.3 is 6.03 Å². The van der Waals surface area contributed by atoms with Gasteiger partial charge in [0.05, 0.1) is 11.0 Å². The average Bonchev–Trinajstić information content (AvgIpc) is 2.77. The van der Waals surface area contributed by atoms with Crippen LogP contribution in [0.5, 0.6) is 0 Å². The molecule has 1 amide bonds. The summed E-state index contributed by atoms with van der Waals surface area (Å²) >= 11 is 0. The molecule has 0 bridgehead atoms. The van der Waals surface area contributed by atoms with E-state index in [-0.39, 0.29) is 11.7 Å². The molecule has 4 rings (SSSR count). The van der Waals surface area contributed by atoms with Crippen LogP contribution in [0.25, 0.3) is 11.0 Å². The fourth-order valence-corrected chi connectivity index (χ4v) is 3.23. The van der Waals surface area contributed by atoms with Crippen LogP contribution in [0.2, 0.25) is 0 Å². The van der Waals surface area contributed by atoms with E-state index < -0.39 is 0 Å². The van der Waals surface area contributed by atoms with Crippen molar-refractivity contribution < 1.29 is 4.79 Å². The van der Waals surface area contributed by atoms with E-state index in [9.17, 15) is 4.79 Å². The number of hydrogen-bond acceptors (Lipinski definition) is 3. The molecule has 5 heteroatoms. The normalized spacial score (nSPS) is 20.9. The first-order valence-electron chi connectivity index (χ1n) is 6.86. The molecule has 98 valence electrons. The quantitative estimate of drug-likeness (QED) is 0.762. The van der Waals surface area contributed by atoms with Crippen LogP contribution in [0.3, 0.4) is 0 Å². The molecule has 1 fully saturated rings. The molecule has 2 aromatic rings. The topological polar surface area (TPSA) is 59.0 Å². The third kappa shape index (κ3) is 1.54. The van der Waals surface area contributed by atoms with Crippen molar-refractivity contribution in [3.63, 3.8) is 0 Å². The van der Waals surface area contributed by atoms with Gasteiger partial charge in [-0.3, -0.25) is 0 Å². The highest BCUT2D eigenvalue weighted by Gasteiger charge is 2.39. The standard InChI is InChI=1S/C14H16N4O/c19-13-17-14(8-4-1-5-9-14)16-12-15-10-6-2-3-7-11(10)18(12)13/h2-3,6-7H,1,4-5,8-9H2,(H,15,16)(H,17,19). The Morgan fingerprint density at radius 2 is 1.89 bits per heavy atom. The lowest BCUT2D eigenvalue weighted by Gasteiger charge is -2.41. The molecule has 2 N–H and O–H groups in total. The van der Waals surface area contributed by atoms with E-state index in [1.54, 1.807) is 4.57 Å². The minimum Gasteiger partial charge on any atom is -0.332 e. The van der Waals surface area contributed by atoms with Crippen molar-refractivity contribution >= 4 is 23.0 Å². The summed E-state index contributed by atoms with van der Waals surface area (Å²) in [5.41, 5.74) is 1.42. The molecule has 2 aliphatic rings. The van der Waals surface area contributed by atoms with Crippen molar-refractivity contribution in [3.05, 3.63) is 24.3 Å². The van der Waals surface area contributed by atoms with Gasteiger partial charge < -0.3 is 10.6 Å². The maximum absolute atomic E-state index is 12.4. The van der Waals surface area contributed by atoms with Crippen molar-refractivity contribution in [3.8, 4) is 0 Å². The average molecular weight is 256 g/mol. The zero-order valence-corrected chi connectivity index (χ0v) is 10.6. The molecule has 0 atom stereocenters. The van der Waals surface area contributed by atoms with E-state index in [1.165, 1.54) is 6.42 Å². The van der Waals surface area contributed by atoms with E-state index in [1.807, 2.05) is 24.3 Å². The maximum Gasteiger partial charge on any atom is 0.330 e. The molecule has 1 aromatic heterocycles. The number of imidazole rings is 1. The van der Waals surface area contributed by atoms with E-state index in [2.05, 4.69) is 15.6 Å². The smallest absolute Gasteiger partial charge is 0.330 e. The Hall–Kier alpha value is -2.04. The summed E-state index contributed by atoms with van der Waals surface area (Å²) in [5, 5.41) is 6.59. The zero-order chi connectivity index (χ0) is 12.9. The summed E-state index contributed by atoms with van der Waals surface area (Å²) in [4.78, 5) is 17.0. The lowest BCUT2D eigenvalue weighted by molar-refractivity contribution is 0.209. The highest BCUT2D eigenvalue weighted by Crippen LogP contribution is 2.33. The van der Waals surface area contributed by atoms with Gasteiger partial charge in [-0.1, -0.05) is 18.6 Å². The van der Waals surface area contributed by atoms with Gasteiger partial charge in [0, 0.05) is 0 Å². The number of nitrogens with zero attached hydrogens (tertiary/aromatic N) is 2. The van der Waals surface area contributed by atoms with Gasteiger partial charge in [-0.2, -0.15) is 0 Å². The minimum absolute atomic E-state index is 0.0654. The van der Waals surface area contributed by atoms with E-state index in [0.717, 1.165) is 36.7 Å². The number of anilines is 1. The number of carbonyl (C=O) groups is 1. The van der Waals surface area contributed by atoms with Crippen molar-refractivity contribution in [1.82, 2.24) is 14.9 Å². The second-order valence-corrected chi connectivity index (χ2v) is 5.46. The number of aromatic nitrogens is 2. The highest BCUT2D eigenvalue weighted by molar-refractivity contribution is 5.94. The van der Waals surface area contributed by atoms with Crippen LogP contribution in [0.4, 0.5) is 10.7 Å². The third-order valence-electron chi connectivity index (χ3n) is 4.17. The molecule has 1 aliphatic carbocycles. The predicted molar refractivity (Wildman–Crippen MR) is 73.1 cm³/mol. The molecule has 1 aliphatic heterocycles. The Kier molecular flexibility index (Phi) is 2.13. The zero-order valence-electron chi connectivity index (χ0n) is 10.6. The molecular weight excluding hydrogens is 240 g/mol. The number of para-hydroxylation sites is 2. The van der Waals surface area contributed by atoms with Crippen molar-refractivity contribution in [2.75, 3.05) is 5.32 Å². The van der Waals surface area contributed by atoms with E-state index in [0.29, 0.717) is 5.95 Å². The van der Waals surface area contributed by atoms with Crippen LogP contribution in [0, 0.1) is 0 Å². The molecule has 1 aromatic carbocycles. The number of rotatable bonds is 0. The SMILES string of the molecule is O=C1NC2(CCCCC2)Nc2nc3ccccc3n21. The molecule has 0 saturated heterocycles. The first-order valence-corrected chi connectivity index (χ1v) is 6.86. The van der Waals surface area contributed by atoms with Gasteiger partial charge in [-0.15, -0.1) is 0 Å². The number of benzene rings is 1. The molecule has 19 heavy (non-hydrogen) atoms. The van der Waals surface area contributed by atoms with Crippen LogP contribution >= 0.6 is 0 Å². The Labute approximate surface area is 111 Å². The Morgan fingerprint density at radius 3 is 2.74 bits per heavy atom. The molecule has 1 saturated carbocycles. The summed E-state index contributed by atoms with van der Waals surface area (Å²) < 4.78 is 1.63. The van der Waals surface area contributed by atoms with Gasteiger partial charge in [0.1, 0.15) is 5.66 Å². The first kappa shape index (κ1) is 10.8. The maximum atomic E-state index is 12.4. The van der Waals surface area contributed by atoms with Gasteiger partial charge in [0.15, 0.2) is 0 Å². The molecular formula is C14H16N4O. The predicted octanol–water partition coefficient (Wildman–Crippen LogP) is 2.68. The van der Waals surface area contributed by atoms with Crippen LogP contribution < -0.4 is 10.6 Å². The lowest BCUT2D eigenvalue weighted by Crippen LogP contribution is -2.60. The van der Waals surface area contributed by atoms with Crippen LogP contribution in [-0.2, 0) is 0 Å². The summed E-state index contributed by atoms with van der Waals surface area (Å²) in [6.07, 6.45) is 5.49. The number of carbonyl (C=O) groups excluding carboxylic acids is 1. The monoisotopic (exact) mass is 256 g/mol. The van der Waals surface area contributed by atoms with Gasteiger partial charge in [0.2, 0.25) is 5.95 Å². The third-order valence-corrected chi connectivity index (χ3v) is 4.17. The summed E-state index contributed by atoms with van der Waals surface area (Å²) in [6, 6.07) is 7.66. The van der Waals surface area contributed by atoms with Crippen molar-refractivity contribution in [2.45, 2.75) is 37.8 Å². The van der Waals surface area contributed by atoms with Gasteiger partial charge in [-0.25, -0.2) is 14.3 Å². The molecule has 0 radical (unpaired) electrons. The summed E-state index contributed by atoms with van der Waals surface area (Å²) in [5.74, 6) is 0.673. The number of hydrogen-bond donors (Lipinski definition) is 2. The second kappa shape index (κ2) is 3.73. The fraction of sp³-hybridized carbons (Fsp3) is 0.429. The largest absolute Gasteiger partial charge is 0.332 e. The minimum atomic E-state index is -0.285. The van der Waals surface area contributed by atoms with Crippen molar-refractivity contribution in [1.29, 1.82) is 0 Å². The van der Waals surface area contributed by atoms with Crippen LogP contribution in [-0.4, -0.2) is 21.2 Å². The van der Waals surface area contributed by atoms with Crippen LogP contribution in [0.15, 0.2) is 24.3 Å². The first-order chi connectivity index (χ1) is 9.27. The highest BCUT2D eigenvalue weighted by atomic mass is 16.2. The Morgan fingerprint density at radius 1 is 1.11 bits per heavy atom. The fourth-order valence-electron chi connectivity index (χ4n) is 3.23. The van der Waals surface area contributed by atoms with Gasteiger partial charge in [0.25, 0.3) is 0 Å². The Balaban J connectivity index is 1.84.